The summed E-state index contributed by atoms with van der Waals surface area (Å²) in [4.78, 5) is 12.1. The van der Waals surface area contributed by atoms with Gasteiger partial charge in [0, 0.05) is 6.42 Å². The Hall–Kier alpha value is -1.19. The third-order valence-electron chi connectivity index (χ3n) is 4.96. The van der Waals surface area contributed by atoms with Crippen molar-refractivity contribution >= 4 is 5.78 Å². The topological polar surface area (TPSA) is 57.5 Å². The molecule has 18 heavy (non-hydrogen) atoms. The number of fused-ring (bicyclic) bond motifs is 2. The molecule has 0 spiro atoms. The molecular weight excluding hydrogens is 228 g/mol. The van der Waals surface area contributed by atoms with Gasteiger partial charge in [0.05, 0.1) is 17.6 Å². The molecule has 3 rings (SSSR count). The summed E-state index contributed by atoms with van der Waals surface area (Å²) in [7, 11) is 0. The fourth-order valence-corrected chi connectivity index (χ4v) is 3.64. The number of aliphatic hydroxyl groups is 2. The molecule has 0 saturated heterocycles. The molecule has 3 heteroatoms. The fourth-order valence-electron chi connectivity index (χ4n) is 3.64. The van der Waals surface area contributed by atoms with Crippen molar-refractivity contribution in [1.29, 1.82) is 0 Å². The Morgan fingerprint density at radius 3 is 2.56 bits per heavy atom. The van der Waals surface area contributed by atoms with E-state index < -0.39 is 17.6 Å². The molecule has 0 aliphatic heterocycles. The molecule has 1 aromatic carbocycles. The minimum Gasteiger partial charge on any atom is -0.392 e. The fraction of sp³-hybridized carbons (Fsp3) is 0.533. The molecule has 2 aliphatic rings. The van der Waals surface area contributed by atoms with Crippen molar-refractivity contribution in [3.8, 4) is 0 Å². The summed E-state index contributed by atoms with van der Waals surface area (Å²) in [5.74, 6) is 0.0370. The molecule has 0 aromatic heterocycles. The minimum absolute atomic E-state index is 0.00549. The van der Waals surface area contributed by atoms with E-state index in [4.69, 9.17) is 0 Å². The highest BCUT2D eigenvalue weighted by Crippen LogP contribution is 2.54. The molecule has 1 aromatic rings. The number of carbonyl (C=O) groups is 1. The highest BCUT2D eigenvalue weighted by Gasteiger charge is 2.61. The predicted octanol–water partition coefficient (Wildman–Crippen LogP) is 1.49. The average molecular weight is 246 g/mol. The molecule has 0 amide bonds. The first-order valence-electron chi connectivity index (χ1n) is 6.49. The second-order valence-corrected chi connectivity index (χ2v) is 5.79. The molecule has 2 saturated carbocycles. The number of benzene rings is 1. The maximum Gasteiger partial charge on any atom is 0.144 e. The van der Waals surface area contributed by atoms with Gasteiger partial charge < -0.3 is 10.2 Å². The van der Waals surface area contributed by atoms with Crippen LogP contribution in [0.4, 0.5) is 0 Å². The number of hydrogen-bond acceptors (Lipinski definition) is 3. The van der Waals surface area contributed by atoms with Crippen LogP contribution in [0.1, 0.15) is 31.2 Å². The van der Waals surface area contributed by atoms with Gasteiger partial charge in [-0.15, -0.1) is 0 Å². The van der Waals surface area contributed by atoms with Crippen molar-refractivity contribution in [2.24, 2.45) is 11.3 Å². The van der Waals surface area contributed by atoms with Crippen molar-refractivity contribution in [1.82, 2.24) is 0 Å². The van der Waals surface area contributed by atoms with Crippen LogP contribution in [0, 0.1) is 11.3 Å². The SMILES string of the molecule is CC12C(=O)CC(C(c3ccccc3)CC1O)C2O. The lowest BCUT2D eigenvalue weighted by Gasteiger charge is -2.42. The van der Waals surface area contributed by atoms with Crippen molar-refractivity contribution in [2.45, 2.75) is 37.9 Å². The zero-order chi connectivity index (χ0) is 12.9. The average Bonchev–Trinajstić information content (AvgIpc) is 2.55. The van der Waals surface area contributed by atoms with Crippen molar-refractivity contribution in [2.75, 3.05) is 0 Å². The second kappa shape index (κ2) is 3.90. The van der Waals surface area contributed by atoms with E-state index in [9.17, 15) is 15.0 Å². The first-order valence-corrected chi connectivity index (χ1v) is 6.49. The van der Waals surface area contributed by atoms with E-state index in [2.05, 4.69) is 0 Å². The second-order valence-electron chi connectivity index (χ2n) is 5.79. The van der Waals surface area contributed by atoms with E-state index >= 15 is 0 Å². The summed E-state index contributed by atoms with van der Waals surface area (Å²) in [6.07, 6.45) is -0.523. The van der Waals surface area contributed by atoms with Crippen LogP contribution in [0.15, 0.2) is 30.3 Å². The van der Waals surface area contributed by atoms with Gasteiger partial charge in [0.1, 0.15) is 5.78 Å². The molecule has 96 valence electrons. The van der Waals surface area contributed by atoms with Gasteiger partial charge in [0.15, 0.2) is 0 Å². The monoisotopic (exact) mass is 246 g/mol. The molecule has 5 atom stereocenters. The molecule has 2 aliphatic carbocycles. The Bertz CT molecular complexity index is 470. The molecule has 0 radical (unpaired) electrons. The number of ketones is 1. The summed E-state index contributed by atoms with van der Waals surface area (Å²) in [6.45, 7) is 1.70. The Morgan fingerprint density at radius 1 is 1.22 bits per heavy atom. The summed E-state index contributed by atoms with van der Waals surface area (Å²) in [5.41, 5.74) is 0.160. The van der Waals surface area contributed by atoms with Crippen molar-refractivity contribution in [3.05, 3.63) is 35.9 Å². The number of aliphatic hydroxyl groups excluding tert-OH is 2. The molecule has 2 bridgehead atoms. The van der Waals surface area contributed by atoms with Gasteiger partial charge in [-0.2, -0.15) is 0 Å². The summed E-state index contributed by atoms with van der Waals surface area (Å²) < 4.78 is 0. The Kier molecular flexibility index (Phi) is 2.57. The van der Waals surface area contributed by atoms with Crippen LogP contribution in [-0.4, -0.2) is 28.2 Å². The highest BCUT2D eigenvalue weighted by atomic mass is 16.3. The van der Waals surface area contributed by atoms with Crippen LogP contribution in [0.3, 0.4) is 0 Å². The van der Waals surface area contributed by atoms with Gasteiger partial charge in [-0.1, -0.05) is 30.3 Å². The maximum atomic E-state index is 12.1. The largest absolute Gasteiger partial charge is 0.392 e. The van der Waals surface area contributed by atoms with Gasteiger partial charge in [0.2, 0.25) is 0 Å². The van der Waals surface area contributed by atoms with E-state index in [1.54, 1.807) is 6.92 Å². The summed E-state index contributed by atoms with van der Waals surface area (Å²) >= 11 is 0. The van der Waals surface area contributed by atoms with Gasteiger partial charge in [0.25, 0.3) is 0 Å². The Balaban J connectivity index is 2.00. The molecule has 2 fully saturated rings. The van der Waals surface area contributed by atoms with Gasteiger partial charge >= 0.3 is 0 Å². The standard InChI is InChI=1S/C15H18O3/c1-15-12(16)7-10(9-5-3-2-4-6-9)11(14(15)18)8-13(15)17/h2-6,10-12,14,16,18H,7-8H2,1H3. The zero-order valence-electron chi connectivity index (χ0n) is 10.4. The van der Waals surface area contributed by atoms with Crippen LogP contribution in [0.25, 0.3) is 0 Å². The Morgan fingerprint density at radius 2 is 1.89 bits per heavy atom. The highest BCUT2D eigenvalue weighted by molar-refractivity contribution is 5.89. The lowest BCUT2D eigenvalue weighted by atomic mass is 9.66. The van der Waals surface area contributed by atoms with Crippen LogP contribution < -0.4 is 0 Å². The first-order chi connectivity index (χ1) is 8.55. The minimum atomic E-state index is -0.948. The smallest absolute Gasteiger partial charge is 0.144 e. The summed E-state index contributed by atoms with van der Waals surface area (Å²) in [6, 6.07) is 9.88. The third kappa shape index (κ3) is 1.41. The third-order valence-corrected chi connectivity index (χ3v) is 4.96. The maximum absolute atomic E-state index is 12.1. The zero-order valence-corrected chi connectivity index (χ0v) is 10.4. The lowest BCUT2D eigenvalue weighted by molar-refractivity contribution is -0.141. The van der Waals surface area contributed by atoms with E-state index in [0.717, 1.165) is 5.56 Å². The van der Waals surface area contributed by atoms with Crippen LogP contribution in [0.2, 0.25) is 0 Å². The molecule has 5 unspecified atom stereocenters. The molecular formula is C15H18O3. The number of rotatable bonds is 1. The normalized spacial score (nSPS) is 43.2. The molecule has 3 nitrogen and oxygen atoms in total. The van der Waals surface area contributed by atoms with Crippen LogP contribution >= 0.6 is 0 Å². The van der Waals surface area contributed by atoms with Crippen molar-refractivity contribution < 1.29 is 15.0 Å². The van der Waals surface area contributed by atoms with Gasteiger partial charge in [-0.25, -0.2) is 0 Å². The Labute approximate surface area is 106 Å². The van der Waals surface area contributed by atoms with E-state index in [1.165, 1.54) is 0 Å². The van der Waals surface area contributed by atoms with Gasteiger partial charge in [-0.05, 0) is 30.7 Å². The lowest BCUT2D eigenvalue weighted by Crippen LogP contribution is -2.50. The van der Waals surface area contributed by atoms with Crippen molar-refractivity contribution in [3.63, 3.8) is 0 Å². The quantitative estimate of drug-likeness (QED) is 0.789. The number of hydrogen-bond donors (Lipinski definition) is 2. The molecule has 2 N–H and O–H groups in total. The number of carbonyl (C=O) groups excluding carboxylic acids is 1. The molecule has 0 heterocycles. The first kappa shape index (κ1) is 11.9. The van der Waals surface area contributed by atoms with E-state index in [1.807, 2.05) is 30.3 Å². The van der Waals surface area contributed by atoms with Gasteiger partial charge in [-0.3, -0.25) is 4.79 Å². The van der Waals surface area contributed by atoms with Crippen LogP contribution in [-0.2, 0) is 4.79 Å². The van der Waals surface area contributed by atoms with Crippen LogP contribution in [0.5, 0.6) is 0 Å². The predicted molar refractivity (Wildman–Crippen MR) is 67.0 cm³/mol. The van der Waals surface area contributed by atoms with E-state index in [0.29, 0.717) is 12.8 Å². The number of Topliss-reactive ketones (excluding diaryl/α,β-unsaturated/α-hetero) is 1. The van der Waals surface area contributed by atoms with E-state index in [-0.39, 0.29) is 17.6 Å². The summed E-state index contributed by atoms with van der Waals surface area (Å²) in [5, 5.41) is 20.6.